The second-order valence-corrected chi connectivity index (χ2v) is 17.1. The molecule has 16 atom stereocenters. The van der Waals surface area contributed by atoms with E-state index in [1.165, 1.54) is 12.8 Å². The zero-order valence-electron chi connectivity index (χ0n) is 28.2. The van der Waals surface area contributed by atoms with Crippen LogP contribution in [-0.2, 0) is 33.9 Å². The average Bonchev–Trinajstić information content (AvgIpc) is 3.37. The van der Waals surface area contributed by atoms with Gasteiger partial charge in [0.2, 0.25) is 0 Å². The molecule has 0 amide bonds. The van der Waals surface area contributed by atoms with Crippen LogP contribution in [0.15, 0.2) is 5.16 Å². The number of oxime groups is 1. The van der Waals surface area contributed by atoms with Gasteiger partial charge in [-0.05, 0) is 119 Å². The normalized spacial score (nSPS) is 58.0. The zero-order chi connectivity index (χ0) is 30.6. The summed E-state index contributed by atoms with van der Waals surface area (Å²) < 4.78 is 14.5. The van der Waals surface area contributed by atoms with Gasteiger partial charge in [-0.15, -0.1) is 0 Å². The number of hydrogen-bond donors (Lipinski definition) is 0. The highest BCUT2D eigenvalue weighted by Crippen LogP contribution is 2.63. The van der Waals surface area contributed by atoms with E-state index < -0.39 is 0 Å². The first-order chi connectivity index (χ1) is 21.0. The summed E-state index contributed by atoms with van der Waals surface area (Å²) in [5, 5.41) is 4.86. The highest BCUT2D eigenvalue weighted by molar-refractivity contribution is 5.89. The molecule has 0 radical (unpaired) electrons. The van der Waals surface area contributed by atoms with Crippen molar-refractivity contribution in [2.45, 2.75) is 166 Å². The van der Waals surface area contributed by atoms with E-state index in [0.29, 0.717) is 48.0 Å². The first-order valence-corrected chi connectivity index (χ1v) is 18.3. The zero-order valence-corrected chi connectivity index (χ0v) is 28.2. The van der Waals surface area contributed by atoms with Crippen molar-refractivity contribution in [1.82, 2.24) is 0 Å². The Labute approximate surface area is 264 Å². The third-order valence-corrected chi connectivity index (χ3v) is 14.6. The molecule has 0 aromatic carbocycles. The molecule has 10 fully saturated rings. The van der Waals surface area contributed by atoms with E-state index in [9.17, 15) is 0 Å². The fourth-order valence-corrected chi connectivity index (χ4v) is 12.2. The summed E-state index contributed by atoms with van der Waals surface area (Å²) >= 11 is 0. The Kier molecular flexibility index (Phi) is 7.37. The van der Waals surface area contributed by atoms with Crippen LogP contribution in [0.4, 0.5) is 0 Å². The Balaban J connectivity index is 1.11. The molecule has 10 aliphatic rings. The van der Waals surface area contributed by atoms with Crippen LogP contribution in [0.1, 0.15) is 119 Å². The van der Waals surface area contributed by atoms with Crippen molar-refractivity contribution in [3.63, 3.8) is 0 Å². The number of hydrogen-bond acceptors (Lipinski definition) is 8. The number of nitrogens with zero attached hydrogens (tertiary/aromatic N) is 1. The molecule has 0 aromatic rings. The number of rotatable bonds is 5. The molecular formula is C36H57NO7. The highest BCUT2D eigenvalue weighted by Gasteiger charge is 2.70. The van der Waals surface area contributed by atoms with Gasteiger partial charge in [0.05, 0.1) is 24.0 Å². The minimum atomic E-state index is -0.374. The molecule has 4 aliphatic carbocycles. The van der Waals surface area contributed by atoms with E-state index in [1.807, 2.05) is 6.92 Å². The third-order valence-electron chi connectivity index (χ3n) is 14.6. The van der Waals surface area contributed by atoms with E-state index in [1.54, 1.807) is 0 Å². The Morgan fingerprint density at radius 2 is 1.23 bits per heavy atom. The second-order valence-electron chi connectivity index (χ2n) is 17.1. The lowest BCUT2D eigenvalue weighted by atomic mass is 9.55. The molecule has 8 heteroatoms. The molecule has 6 saturated heterocycles. The van der Waals surface area contributed by atoms with E-state index in [0.717, 1.165) is 63.5 Å². The van der Waals surface area contributed by atoms with Gasteiger partial charge in [-0.25, -0.2) is 19.6 Å². The Morgan fingerprint density at radius 1 is 0.682 bits per heavy atom. The lowest BCUT2D eigenvalue weighted by Crippen LogP contribution is -2.71. The predicted molar refractivity (Wildman–Crippen MR) is 164 cm³/mol. The summed E-state index contributed by atoms with van der Waals surface area (Å²) in [7, 11) is 0. The molecule has 248 valence electrons. The fourth-order valence-electron chi connectivity index (χ4n) is 12.2. The van der Waals surface area contributed by atoms with Crippen molar-refractivity contribution in [2.75, 3.05) is 6.61 Å². The first kappa shape index (κ1) is 30.6. The average molecular weight is 616 g/mol. The summed E-state index contributed by atoms with van der Waals surface area (Å²) in [5.74, 6) is 3.47. The Hall–Kier alpha value is -0.770. The summed E-state index contributed by atoms with van der Waals surface area (Å²) in [5.41, 5.74) is -0.304. The van der Waals surface area contributed by atoms with E-state index >= 15 is 0 Å². The predicted octanol–water partition coefficient (Wildman–Crippen LogP) is 7.19. The molecule has 4 saturated carbocycles. The van der Waals surface area contributed by atoms with Gasteiger partial charge < -0.3 is 14.3 Å². The van der Waals surface area contributed by atoms with Crippen molar-refractivity contribution in [3.8, 4) is 0 Å². The molecule has 0 N–H and O–H groups in total. The van der Waals surface area contributed by atoms with Gasteiger partial charge in [-0.1, -0.05) is 32.9 Å². The highest BCUT2D eigenvalue weighted by atomic mass is 17.2. The van der Waals surface area contributed by atoms with Crippen molar-refractivity contribution in [2.24, 2.45) is 52.5 Å². The maximum atomic E-state index is 7.26. The molecule has 10 rings (SSSR count). The van der Waals surface area contributed by atoms with Gasteiger partial charge >= 0.3 is 0 Å². The summed E-state index contributed by atoms with van der Waals surface area (Å²) in [4.78, 5) is 31.5. The minimum Gasteiger partial charge on any atom is -0.396 e. The van der Waals surface area contributed by atoms with Crippen molar-refractivity contribution < 1.29 is 33.9 Å². The van der Waals surface area contributed by atoms with Gasteiger partial charge in [-0.3, -0.25) is 0 Å². The van der Waals surface area contributed by atoms with E-state index in [-0.39, 0.29) is 52.7 Å². The summed E-state index contributed by atoms with van der Waals surface area (Å²) in [6.07, 6.45) is 11.6. The number of ether oxygens (including phenoxy) is 2. The van der Waals surface area contributed by atoms with Crippen LogP contribution in [0.5, 0.6) is 0 Å². The number of fused-ring (bicyclic) bond motifs is 4. The maximum absolute atomic E-state index is 7.26. The monoisotopic (exact) mass is 615 g/mol. The van der Waals surface area contributed by atoms with Crippen molar-refractivity contribution in [3.05, 3.63) is 0 Å². The molecule has 8 nitrogen and oxygen atoms in total. The topological polar surface area (TPSA) is 77.0 Å². The minimum absolute atomic E-state index is 0.00817. The molecule has 6 aliphatic heterocycles. The van der Waals surface area contributed by atoms with Crippen LogP contribution in [0.2, 0.25) is 0 Å². The van der Waals surface area contributed by atoms with Gasteiger partial charge in [0, 0.05) is 19.3 Å². The van der Waals surface area contributed by atoms with E-state index in [4.69, 9.17) is 39.0 Å². The Bertz CT molecular complexity index is 1150. The third kappa shape index (κ3) is 4.25. The van der Waals surface area contributed by atoms with Crippen molar-refractivity contribution >= 4 is 5.71 Å². The molecule has 2 spiro atoms. The van der Waals surface area contributed by atoms with Gasteiger partial charge in [0.15, 0.2) is 0 Å². The smallest absolute Gasteiger partial charge is 0.136 e. The first-order valence-electron chi connectivity index (χ1n) is 18.3. The lowest BCUT2D eigenvalue weighted by molar-refractivity contribution is -0.487. The van der Waals surface area contributed by atoms with Gasteiger partial charge in [0.1, 0.15) is 35.1 Å². The van der Waals surface area contributed by atoms with E-state index in [2.05, 4.69) is 41.5 Å². The SMILES string of the molecule is CCO/N=C(/C[C@H]1O[C@@H]2C[C@@]3(C)CC[C@H]4[C@H](C)CC[C@@H]([C@H]1C)[C@@]24OO3)[C@H]1O[C@@H]2C[C@@]3(C)CC[C@H]4[C@H](C)CC[C@@H]([C@H]1C)[C@@]24OO3. The van der Waals surface area contributed by atoms with Crippen LogP contribution in [-0.4, -0.2) is 59.1 Å². The van der Waals surface area contributed by atoms with Crippen LogP contribution in [0.3, 0.4) is 0 Å². The quantitative estimate of drug-likeness (QED) is 0.184. The standard InChI is InChI=1S/C36H57NO7/c1-8-38-37-28(32-23(5)27-12-10-21(3)25-14-16-34(7)19-31(40-32)36(25,27)44-42-34)17-29-22(4)26-11-9-20(2)24-13-15-33(6)18-30(39-29)35(24,26)43-41-33/h20-27,29-32H,8-19H2,1-7H3/b37-28-/t20-,21-,22-,23-,24+,25+,26+,27+,29-,30-,31-,32+,33-,34-,35-,36-/m1/s1. The maximum Gasteiger partial charge on any atom is 0.136 e. The van der Waals surface area contributed by atoms with Crippen molar-refractivity contribution in [1.29, 1.82) is 0 Å². The lowest BCUT2D eigenvalue weighted by Gasteiger charge is -2.62. The molecule has 44 heavy (non-hydrogen) atoms. The van der Waals surface area contributed by atoms with Crippen LogP contribution in [0.25, 0.3) is 0 Å². The molecule has 0 unspecified atom stereocenters. The fraction of sp³-hybridized carbons (Fsp3) is 0.972. The summed E-state index contributed by atoms with van der Waals surface area (Å²) in [6.45, 7) is 16.6. The Morgan fingerprint density at radius 3 is 1.80 bits per heavy atom. The van der Waals surface area contributed by atoms with Crippen LogP contribution >= 0.6 is 0 Å². The summed E-state index contributed by atoms with van der Waals surface area (Å²) in [6, 6.07) is 0. The second kappa shape index (κ2) is 10.6. The molecule has 4 bridgehead atoms. The molecule has 0 aromatic heterocycles. The molecular weight excluding hydrogens is 558 g/mol. The van der Waals surface area contributed by atoms with Crippen LogP contribution < -0.4 is 0 Å². The van der Waals surface area contributed by atoms with Gasteiger partial charge in [0.25, 0.3) is 0 Å². The molecule has 6 heterocycles. The largest absolute Gasteiger partial charge is 0.396 e. The van der Waals surface area contributed by atoms with Crippen LogP contribution in [0, 0.1) is 47.3 Å². The van der Waals surface area contributed by atoms with Gasteiger partial charge in [-0.2, -0.15) is 0 Å².